The quantitative estimate of drug-likeness (QED) is 0.391. The zero-order chi connectivity index (χ0) is 10.8. The average molecular weight is 260 g/mol. The normalized spacial score (nSPS) is 9.69. The fourth-order valence-electron chi connectivity index (χ4n) is 0.763. The van der Waals surface area contributed by atoms with Crippen LogP contribution in [0.4, 0.5) is 4.79 Å². The molecule has 1 aromatic rings. The largest absolute Gasteiger partial charge is 1.00 e. The van der Waals surface area contributed by atoms with Gasteiger partial charge in [0, 0.05) is 7.60 Å². The van der Waals surface area contributed by atoms with Gasteiger partial charge < -0.3 is 19.1 Å². The van der Waals surface area contributed by atoms with Gasteiger partial charge in [0.2, 0.25) is 0 Å². The Hall–Kier alpha value is 0.840. The molecule has 0 saturated heterocycles. The van der Waals surface area contributed by atoms with E-state index in [1.54, 1.807) is 12.1 Å². The maximum absolute atomic E-state index is 10.6. The summed E-state index contributed by atoms with van der Waals surface area (Å²) in [4.78, 5) is 31.0. The SMILES string of the molecule is Cc1ccc(OC(=O)P(=O)([O-])[O-])cc1.[Na+].[Na+]. The number of carbonyl (C=O) groups is 1. The number of hydrogen-bond acceptors (Lipinski definition) is 5. The Morgan fingerprint density at radius 2 is 1.62 bits per heavy atom. The van der Waals surface area contributed by atoms with Crippen LogP contribution < -0.4 is 73.6 Å². The van der Waals surface area contributed by atoms with E-state index in [1.807, 2.05) is 6.92 Å². The third kappa shape index (κ3) is 6.55. The molecule has 76 valence electrons. The van der Waals surface area contributed by atoms with Crippen molar-refractivity contribution in [2.45, 2.75) is 6.92 Å². The third-order valence-corrected chi connectivity index (χ3v) is 1.99. The van der Waals surface area contributed by atoms with Crippen molar-refractivity contribution in [2.24, 2.45) is 0 Å². The second-order valence-electron chi connectivity index (χ2n) is 2.68. The predicted molar refractivity (Wildman–Crippen MR) is 44.8 cm³/mol. The molecule has 0 fully saturated rings. The Labute approximate surface area is 137 Å². The van der Waals surface area contributed by atoms with E-state index in [-0.39, 0.29) is 64.9 Å². The molecular formula is C8H7Na2O5P. The first-order chi connectivity index (χ1) is 6.39. The van der Waals surface area contributed by atoms with E-state index in [0.29, 0.717) is 0 Å². The first kappa shape index (κ1) is 19.2. The van der Waals surface area contributed by atoms with E-state index in [9.17, 15) is 19.1 Å². The smallest absolute Gasteiger partial charge is 0.803 e. The van der Waals surface area contributed by atoms with Crippen LogP contribution >= 0.6 is 7.60 Å². The van der Waals surface area contributed by atoms with E-state index in [4.69, 9.17) is 0 Å². The minimum absolute atomic E-state index is 0. The molecule has 1 aromatic carbocycles. The first-order valence-electron chi connectivity index (χ1n) is 3.71. The summed E-state index contributed by atoms with van der Waals surface area (Å²) in [6, 6.07) is 6.07. The molecule has 16 heavy (non-hydrogen) atoms. The van der Waals surface area contributed by atoms with Gasteiger partial charge in [-0.15, -0.1) is 0 Å². The second-order valence-corrected chi connectivity index (χ2v) is 4.04. The van der Waals surface area contributed by atoms with Crippen molar-refractivity contribution in [1.82, 2.24) is 0 Å². The number of aryl methyl sites for hydroxylation is 1. The molecule has 0 aromatic heterocycles. The fourth-order valence-corrected chi connectivity index (χ4v) is 0.980. The topological polar surface area (TPSA) is 89.5 Å². The number of rotatable bonds is 2. The fraction of sp³-hybridized carbons (Fsp3) is 0.125. The molecule has 0 spiro atoms. The Kier molecular flexibility index (Phi) is 9.63. The molecule has 1 rings (SSSR count). The van der Waals surface area contributed by atoms with E-state index >= 15 is 0 Å². The van der Waals surface area contributed by atoms with Crippen LogP contribution in [0.1, 0.15) is 5.56 Å². The van der Waals surface area contributed by atoms with Gasteiger partial charge in [-0.3, -0.25) is 0 Å². The van der Waals surface area contributed by atoms with E-state index < -0.39 is 13.3 Å². The van der Waals surface area contributed by atoms with Crippen molar-refractivity contribution in [1.29, 1.82) is 0 Å². The predicted octanol–water partition coefficient (Wildman–Crippen LogP) is -5.58. The Balaban J connectivity index is 0. The minimum atomic E-state index is -5.30. The molecule has 0 atom stereocenters. The van der Waals surface area contributed by atoms with Crippen LogP contribution in [0.2, 0.25) is 0 Å². The molecule has 8 heteroatoms. The maximum atomic E-state index is 10.6. The summed E-state index contributed by atoms with van der Waals surface area (Å²) in [5.74, 6) is 0.0347. The molecule has 5 nitrogen and oxygen atoms in total. The van der Waals surface area contributed by atoms with Crippen LogP contribution in [0.25, 0.3) is 0 Å². The minimum Gasteiger partial charge on any atom is -0.803 e. The van der Waals surface area contributed by atoms with Crippen molar-refractivity contribution in [2.75, 3.05) is 0 Å². The van der Waals surface area contributed by atoms with E-state index in [1.165, 1.54) is 12.1 Å². The van der Waals surface area contributed by atoms with Crippen LogP contribution in [-0.2, 0) is 4.57 Å². The van der Waals surface area contributed by atoms with Crippen LogP contribution in [0.3, 0.4) is 0 Å². The van der Waals surface area contributed by atoms with Gasteiger partial charge >= 0.3 is 64.8 Å². The molecule has 0 radical (unpaired) electrons. The van der Waals surface area contributed by atoms with Crippen LogP contribution in [0, 0.1) is 6.92 Å². The van der Waals surface area contributed by atoms with E-state index in [0.717, 1.165) is 5.56 Å². The third-order valence-electron chi connectivity index (χ3n) is 1.45. The van der Waals surface area contributed by atoms with Gasteiger partial charge in [0.15, 0.2) is 0 Å². The summed E-state index contributed by atoms with van der Waals surface area (Å²) >= 11 is 0. The molecule has 0 heterocycles. The summed E-state index contributed by atoms with van der Waals surface area (Å²) in [6.07, 6.45) is 0. The van der Waals surface area contributed by atoms with Gasteiger partial charge in [0.05, 0.1) is 0 Å². The summed E-state index contributed by atoms with van der Waals surface area (Å²) in [7, 11) is -5.30. The van der Waals surface area contributed by atoms with E-state index in [2.05, 4.69) is 4.74 Å². The molecule has 0 bridgehead atoms. The zero-order valence-electron chi connectivity index (χ0n) is 9.30. The number of benzene rings is 1. The number of ether oxygens (including phenoxy) is 1. The molecule has 0 unspecified atom stereocenters. The molecule has 0 aliphatic carbocycles. The van der Waals surface area contributed by atoms with Crippen molar-refractivity contribution in [3.8, 4) is 5.75 Å². The van der Waals surface area contributed by atoms with Gasteiger partial charge in [-0.05, 0) is 19.1 Å². The van der Waals surface area contributed by atoms with Crippen LogP contribution in [0.15, 0.2) is 24.3 Å². The van der Waals surface area contributed by atoms with Crippen molar-refractivity contribution in [3.05, 3.63) is 29.8 Å². The summed E-state index contributed by atoms with van der Waals surface area (Å²) in [5, 5.41) is 0. The Morgan fingerprint density at radius 3 is 2.00 bits per heavy atom. The Morgan fingerprint density at radius 1 is 1.19 bits per heavy atom. The average Bonchev–Trinajstić information content (AvgIpc) is 2.07. The van der Waals surface area contributed by atoms with Gasteiger partial charge in [-0.2, -0.15) is 0 Å². The van der Waals surface area contributed by atoms with Gasteiger partial charge in [-0.1, -0.05) is 17.7 Å². The summed E-state index contributed by atoms with van der Waals surface area (Å²) in [5.41, 5.74) is -0.835. The maximum Gasteiger partial charge on any atom is 1.00 e. The molecule has 0 aliphatic rings. The molecule has 0 saturated carbocycles. The summed E-state index contributed by atoms with van der Waals surface area (Å²) < 4.78 is 14.5. The molecule has 0 N–H and O–H groups in total. The summed E-state index contributed by atoms with van der Waals surface area (Å²) in [6.45, 7) is 1.82. The van der Waals surface area contributed by atoms with Gasteiger partial charge in [-0.25, -0.2) is 4.79 Å². The zero-order valence-corrected chi connectivity index (χ0v) is 14.2. The van der Waals surface area contributed by atoms with Crippen LogP contribution in [0.5, 0.6) is 5.75 Å². The molecule has 0 aliphatic heterocycles. The van der Waals surface area contributed by atoms with Crippen molar-refractivity contribution >= 4 is 13.3 Å². The molecular weight excluding hydrogens is 253 g/mol. The van der Waals surface area contributed by atoms with Crippen molar-refractivity contribution < 1.29 is 83.0 Å². The monoisotopic (exact) mass is 260 g/mol. The standard InChI is InChI=1S/C8H9O5P.2Na/c1-6-2-4-7(5-3-6)13-8(9)14(10,11)12;;/h2-5H,1H3,(H2,10,11,12);;/q;2*+1/p-2. The van der Waals surface area contributed by atoms with Crippen LogP contribution in [-0.4, -0.2) is 5.71 Å². The molecule has 0 amide bonds. The number of carbonyl (C=O) groups excluding carboxylic acids is 1. The second kappa shape index (κ2) is 8.03. The Bertz CT molecular complexity index is 386. The number of hydrogen-bond donors (Lipinski definition) is 0. The van der Waals surface area contributed by atoms with Crippen molar-refractivity contribution in [3.63, 3.8) is 0 Å². The van der Waals surface area contributed by atoms with Gasteiger partial charge in [0.1, 0.15) is 5.75 Å². The first-order valence-corrected chi connectivity index (χ1v) is 5.25. The van der Waals surface area contributed by atoms with Gasteiger partial charge in [0.25, 0.3) is 0 Å².